The van der Waals surface area contributed by atoms with Crippen LogP contribution in [0.25, 0.3) is 5.52 Å². The van der Waals surface area contributed by atoms with E-state index in [-0.39, 0.29) is 42.3 Å². The molecule has 2 fully saturated rings. The van der Waals surface area contributed by atoms with Crippen LogP contribution in [0, 0.1) is 22.7 Å². The predicted molar refractivity (Wildman–Crippen MR) is 144 cm³/mol. The van der Waals surface area contributed by atoms with Gasteiger partial charge in [-0.25, -0.2) is 9.97 Å². The molecule has 0 spiro atoms. The molecule has 0 radical (unpaired) electrons. The first kappa shape index (κ1) is 27.9. The Balaban J connectivity index is 1.28. The van der Waals surface area contributed by atoms with E-state index in [0.717, 1.165) is 11.2 Å². The number of nitrogens with zero attached hydrogens (tertiary/aromatic N) is 5. The van der Waals surface area contributed by atoms with Gasteiger partial charge in [-0.3, -0.25) is 24.4 Å². The summed E-state index contributed by atoms with van der Waals surface area (Å²) in [4.78, 5) is 55.4. The van der Waals surface area contributed by atoms with Crippen molar-refractivity contribution in [3.63, 3.8) is 0 Å². The zero-order valence-electron chi connectivity index (χ0n) is 22.3. The number of halogens is 1. The third kappa shape index (κ3) is 4.91. The highest BCUT2D eigenvalue weighted by atomic mass is 35.5. The smallest absolute Gasteiger partial charge is 0.309 e. The normalized spacial score (nSPS) is 27.6. The monoisotopic (exact) mass is 568 g/mol. The van der Waals surface area contributed by atoms with Gasteiger partial charge in [-0.05, 0) is 57.3 Å². The lowest BCUT2D eigenvalue weighted by Gasteiger charge is -2.50. The Bertz CT molecular complexity index is 1410. The van der Waals surface area contributed by atoms with E-state index in [9.17, 15) is 24.6 Å². The number of carbonyl (C=O) groups is 3. The van der Waals surface area contributed by atoms with Gasteiger partial charge >= 0.3 is 11.9 Å². The number of hydrogen-bond acceptors (Lipinski definition) is 7. The Morgan fingerprint density at radius 3 is 2.25 bits per heavy atom. The number of carboxylic acid groups (broad SMARTS) is 2. The van der Waals surface area contributed by atoms with Gasteiger partial charge in [0.2, 0.25) is 5.91 Å². The number of amides is 1. The number of carboxylic acids is 2. The maximum Gasteiger partial charge on any atom is 0.309 e. The standard InChI is InChI=1S/C28H33ClN6O5/c1-17(27(25(37)38)6-2-18(3-7-27)22-21-15-30-12-13-35(21)16-34-22)28(26(39)40)8-4-19(5-9-28)24(36)33-14-20-23(29)32-11-10-31-20/h10-13,15-19H,2-9,14H2,1H3,(H,33,36)(H,37,38)(H,39,40). The highest BCUT2D eigenvalue weighted by Gasteiger charge is 2.58. The molecule has 12 heteroatoms. The van der Waals surface area contributed by atoms with Crippen molar-refractivity contribution >= 4 is 35.0 Å². The van der Waals surface area contributed by atoms with Crippen molar-refractivity contribution < 1.29 is 24.6 Å². The van der Waals surface area contributed by atoms with Crippen LogP contribution < -0.4 is 5.32 Å². The lowest BCUT2D eigenvalue weighted by Crippen LogP contribution is -2.53. The maximum atomic E-state index is 12.9. The molecule has 2 aliphatic rings. The highest BCUT2D eigenvalue weighted by molar-refractivity contribution is 6.30. The summed E-state index contributed by atoms with van der Waals surface area (Å²) in [6.07, 6.45) is 13.1. The van der Waals surface area contributed by atoms with Crippen LogP contribution in [-0.4, -0.2) is 52.4 Å². The topological polar surface area (TPSA) is 160 Å². The van der Waals surface area contributed by atoms with Gasteiger partial charge in [0.15, 0.2) is 5.15 Å². The quantitative estimate of drug-likeness (QED) is 0.363. The first-order valence-corrected chi connectivity index (χ1v) is 14.0. The van der Waals surface area contributed by atoms with Crippen molar-refractivity contribution in [1.29, 1.82) is 0 Å². The molecule has 1 unspecified atom stereocenters. The summed E-state index contributed by atoms with van der Waals surface area (Å²) in [5.74, 6) is -3.02. The number of hydrogen-bond donors (Lipinski definition) is 3. The third-order valence-corrected chi connectivity index (χ3v) is 9.86. The zero-order chi connectivity index (χ0) is 28.5. The summed E-state index contributed by atoms with van der Waals surface area (Å²) in [6.45, 7) is 1.92. The molecule has 0 aliphatic heterocycles. The maximum absolute atomic E-state index is 12.9. The van der Waals surface area contributed by atoms with Gasteiger partial charge in [0, 0.05) is 36.6 Å². The van der Waals surface area contributed by atoms with Crippen LogP contribution in [0.4, 0.5) is 0 Å². The molecule has 3 aromatic rings. The molecule has 1 amide bonds. The predicted octanol–water partition coefficient (Wildman–Crippen LogP) is 4.12. The Hall–Kier alpha value is -3.60. The van der Waals surface area contributed by atoms with Crippen LogP contribution in [0.5, 0.6) is 0 Å². The molecule has 2 aliphatic carbocycles. The number of aliphatic carboxylic acids is 2. The van der Waals surface area contributed by atoms with E-state index in [1.54, 1.807) is 25.6 Å². The summed E-state index contributed by atoms with van der Waals surface area (Å²) in [6, 6.07) is 0. The molecule has 1 atom stereocenters. The van der Waals surface area contributed by atoms with Gasteiger partial charge in [-0.1, -0.05) is 18.5 Å². The third-order valence-electron chi connectivity index (χ3n) is 9.55. The first-order chi connectivity index (χ1) is 19.2. The van der Waals surface area contributed by atoms with Crippen LogP contribution in [0.15, 0.2) is 37.3 Å². The molecule has 3 heterocycles. The molecule has 0 saturated heterocycles. The van der Waals surface area contributed by atoms with Gasteiger partial charge in [-0.15, -0.1) is 0 Å². The summed E-state index contributed by atoms with van der Waals surface area (Å²) >= 11 is 6.03. The molecule has 5 rings (SSSR count). The SMILES string of the molecule is CC(C1(C(=O)O)CCC(C(=O)NCc2nccnc2Cl)CC1)C1(C(=O)O)CCC(c2ncn3ccncc23)CC1. The minimum Gasteiger partial charge on any atom is -0.481 e. The van der Waals surface area contributed by atoms with Crippen molar-refractivity contribution in [3.8, 4) is 0 Å². The van der Waals surface area contributed by atoms with E-state index in [1.165, 1.54) is 12.4 Å². The minimum atomic E-state index is -1.22. The summed E-state index contributed by atoms with van der Waals surface area (Å²) in [5.41, 5.74) is -0.118. The van der Waals surface area contributed by atoms with E-state index in [2.05, 4.69) is 25.3 Å². The molecule has 2 saturated carbocycles. The van der Waals surface area contributed by atoms with E-state index in [4.69, 9.17) is 11.6 Å². The fourth-order valence-corrected chi connectivity index (χ4v) is 7.13. The molecular formula is C28H33ClN6O5. The Labute approximate surface area is 236 Å². The van der Waals surface area contributed by atoms with E-state index < -0.39 is 28.7 Å². The number of rotatable bonds is 8. The summed E-state index contributed by atoms with van der Waals surface area (Å²) in [7, 11) is 0. The van der Waals surface area contributed by atoms with Crippen molar-refractivity contribution in [2.45, 2.75) is 70.8 Å². The second-order valence-corrected chi connectivity index (χ2v) is 11.6. The van der Waals surface area contributed by atoms with Crippen molar-refractivity contribution in [3.05, 3.63) is 53.9 Å². The van der Waals surface area contributed by atoms with Crippen LogP contribution >= 0.6 is 11.6 Å². The second kappa shape index (κ2) is 11.1. The molecule has 212 valence electrons. The van der Waals surface area contributed by atoms with Crippen molar-refractivity contribution in [2.75, 3.05) is 0 Å². The molecular weight excluding hydrogens is 536 g/mol. The van der Waals surface area contributed by atoms with Gasteiger partial charge in [0.25, 0.3) is 0 Å². The van der Waals surface area contributed by atoms with E-state index >= 15 is 0 Å². The van der Waals surface area contributed by atoms with E-state index in [0.29, 0.717) is 44.2 Å². The Morgan fingerprint density at radius 2 is 1.62 bits per heavy atom. The average molecular weight is 569 g/mol. The molecule has 0 bridgehead atoms. The molecule has 40 heavy (non-hydrogen) atoms. The van der Waals surface area contributed by atoms with Crippen LogP contribution in [0.3, 0.4) is 0 Å². The first-order valence-electron chi connectivity index (χ1n) is 13.6. The number of aromatic nitrogens is 5. The Morgan fingerprint density at radius 1 is 1.00 bits per heavy atom. The molecule has 3 aromatic heterocycles. The van der Waals surface area contributed by atoms with Crippen LogP contribution in [0.2, 0.25) is 5.15 Å². The summed E-state index contributed by atoms with van der Waals surface area (Å²) in [5, 5.41) is 24.0. The van der Waals surface area contributed by atoms with Gasteiger partial charge in [0.05, 0.1) is 46.8 Å². The lowest BCUT2D eigenvalue weighted by molar-refractivity contribution is -0.173. The fourth-order valence-electron chi connectivity index (χ4n) is 6.95. The Kier molecular flexibility index (Phi) is 7.76. The van der Waals surface area contributed by atoms with Gasteiger partial charge in [0.1, 0.15) is 0 Å². The number of carbonyl (C=O) groups excluding carboxylic acids is 1. The molecule has 3 N–H and O–H groups in total. The number of imidazole rings is 1. The largest absolute Gasteiger partial charge is 0.481 e. The number of fused-ring (bicyclic) bond motifs is 1. The highest BCUT2D eigenvalue weighted by Crippen LogP contribution is 2.57. The lowest BCUT2D eigenvalue weighted by atomic mass is 9.52. The average Bonchev–Trinajstić information content (AvgIpc) is 3.40. The van der Waals surface area contributed by atoms with E-state index in [1.807, 2.05) is 10.6 Å². The van der Waals surface area contributed by atoms with Crippen molar-refractivity contribution in [1.82, 2.24) is 29.7 Å². The fraction of sp³-hybridized carbons (Fsp3) is 0.536. The molecule has 0 aromatic carbocycles. The minimum absolute atomic E-state index is 0.0805. The van der Waals surface area contributed by atoms with Crippen molar-refractivity contribution in [2.24, 2.45) is 22.7 Å². The van der Waals surface area contributed by atoms with Crippen LogP contribution in [-0.2, 0) is 20.9 Å². The number of nitrogens with one attached hydrogen (secondary N) is 1. The van der Waals surface area contributed by atoms with Gasteiger partial charge < -0.3 is 19.9 Å². The summed E-state index contributed by atoms with van der Waals surface area (Å²) < 4.78 is 1.90. The zero-order valence-corrected chi connectivity index (χ0v) is 23.0. The molecule has 11 nitrogen and oxygen atoms in total. The van der Waals surface area contributed by atoms with Crippen LogP contribution in [0.1, 0.15) is 75.6 Å². The second-order valence-electron chi connectivity index (χ2n) is 11.2. The van der Waals surface area contributed by atoms with Gasteiger partial charge in [-0.2, -0.15) is 0 Å².